The molecule has 0 aliphatic carbocycles. The third kappa shape index (κ3) is 2.26. The first-order chi connectivity index (χ1) is 8.55. The number of carbonyl (C=O) groups is 1. The van der Waals surface area contributed by atoms with Crippen LogP contribution in [-0.4, -0.2) is 37.0 Å². The van der Waals surface area contributed by atoms with E-state index in [9.17, 15) is 4.79 Å². The second-order valence-corrected chi connectivity index (χ2v) is 5.04. The van der Waals surface area contributed by atoms with Crippen LogP contribution < -0.4 is 11.1 Å². The van der Waals surface area contributed by atoms with Crippen molar-refractivity contribution in [3.05, 3.63) is 35.4 Å². The van der Waals surface area contributed by atoms with Crippen molar-refractivity contribution in [2.45, 2.75) is 19.4 Å². The van der Waals surface area contributed by atoms with Gasteiger partial charge in [-0.05, 0) is 19.4 Å². The summed E-state index contributed by atoms with van der Waals surface area (Å²) in [7, 11) is 0. The Kier molecular flexibility index (Phi) is 3.68. The maximum absolute atomic E-state index is 12.0. The lowest BCUT2D eigenvalue weighted by Crippen LogP contribution is -2.58. The molecule has 0 spiro atoms. The number of primary amides is 1. The van der Waals surface area contributed by atoms with Gasteiger partial charge >= 0.3 is 0 Å². The summed E-state index contributed by atoms with van der Waals surface area (Å²) in [6.45, 7) is 7.43. The molecule has 18 heavy (non-hydrogen) atoms. The smallest absolute Gasteiger partial charge is 0.242 e. The number of nitrogens with two attached hydrogens (primary N) is 1. The van der Waals surface area contributed by atoms with E-state index in [1.54, 1.807) is 0 Å². The predicted octanol–water partition coefficient (Wildman–Crippen LogP) is 0.601. The van der Waals surface area contributed by atoms with Gasteiger partial charge in [-0.25, -0.2) is 0 Å². The fraction of sp³-hybridized carbons (Fsp3) is 0.500. The summed E-state index contributed by atoms with van der Waals surface area (Å²) < 4.78 is 0. The van der Waals surface area contributed by atoms with E-state index in [1.807, 2.05) is 38.1 Å². The summed E-state index contributed by atoms with van der Waals surface area (Å²) in [4.78, 5) is 14.2. The van der Waals surface area contributed by atoms with Gasteiger partial charge in [0.25, 0.3) is 0 Å². The number of aryl methyl sites for hydroxylation is 1. The van der Waals surface area contributed by atoms with Crippen LogP contribution in [0.5, 0.6) is 0 Å². The zero-order valence-electron chi connectivity index (χ0n) is 11.1. The number of benzene rings is 1. The van der Waals surface area contributed by atoms with Crippen LogP contribution >= 0.6 is 0 Å². The van der Waals surface area contributed by atoms with Crippen molar-refractivity contribution < 1.29 is 4.79 Å². The first-order valence-electron chi connectivity index (χ1n) is 6.38. The number of hydrogen-bond acceptors (Lipinski definition) is 3. The Morgan fingerprint density at radius 2 is 2.06 bits per heavy atom. The van der Waals surface area contributed by atoms with Gasteiger partial charge in [-0.2, -0.15) is 0 Å². The molecule has 3 N–H and O–H groups in total. The van der Waals surface area contributed by atoms with Crippen LogP contribution in [0.1, 0.15) is 18.1 Å². The van der Waals surface area contributed by atoms with Crippen LogP contribution in [0.15, 0.2) is 24.3 Å². The molecular formula is C14H21N3O. The van der Waals surface area contributed by atoms with Gasteiger partial charge < -0.3 is 11.1 Å². The maximum Gasteiger partial charge on any atom is 0.242 e. The lowest BCUT2D eigenvalue weighted by atomic mass is 9.87. The van der Waals surface area contributed by atoms with Gasteiger partial charge in [-0.1, -0.05) is 29.8 Å². The minimum Gasteiger partial charge on any atom is -0.368 e. The number of hydrogen-bond donors (Lipinski definition) is 2. The Morgan fingerprint density at radius 3 is 2.61 bits per heavy atom. The Labute approximate surface area is 108 Å². The molecule has 1 aliphatic heterocycles. The van der Waals surface area contributed by atoms with Gasteiger partial charge in [0.05, 0.1) is 0 Å². The largest absolute Gasteiger partial charge is 0.368 e. The molecule has 2 rings (SSSR count). The molecule has 0 saturated carbocycles. The average Bonchev–Trinajstić information content (AvgIpc) is 2.38. The normalized spacial score (nSPS) is 20.3. The maximum atomic E-state index is 12.0. The molecule has 1 heterocycles. The average molecular weight is 247 g/mol. The minimum absolute atomic E-state index is 0.282. The van der Waals surface area contributed by atoms with E-state index >= 15 is 0 Å². The van der Waals surface area contributed by atoms with Crippen LogP contribution in [0.4, 0.5) is 0 Å². The van der Waals surface area contributed by atoms with Crippen molar-refractivity contribution in [1.82, 2.24) is 10.2 Å². The van der Waals surface area contributed by atoms with Gasteiger partial charge in [-0.15, -0.1) is 0 Å². The van der Waals surface area contributed by atoms with Crippen molar-refractivity contribution in [2.75, 3.05) is 26.2 Å². The molecule has 1 aromatic rings. The molecule has 0 radical (unpaired) electrons. The standard InChI is InChI=1S/C14H21N3O/c1-11-4-3-5-12(10-11)14(2,13(15)18)17-8-6-16-7-9-17/h3-5,10,16H,6-9H2,1-2H3,(H2,15,18). The van der Waals surface area contributed by atoms with Gasteiger partial charge in [0.2, 0.25) is 5.91 Å². The topological polar surface area (TPSA) is 58.4 Å². The van der Waals surface area contributed by atoms with Gasteiger partial charge in [0.15, 0.2) is 0 Å². The molecule has 1 saturated heterocycles. The minimum atomic E-state index is -0.714. The van der Waals surface area contributed by atoms with Crippen LogP contribution in [0.25, 0.3) is 0 Å². The van der Waals surface area contributed by atoms with E-state index < -0.39 is 5.54 Å². The summed E-state index contributed by atoms with van der Waals surface area (Å²) in [5, 5.41) is 3.29. The summed E-state index contributed by atoms with van der Waals surface area (Å²) in [5.74, 6) is -0.282. The van der Waals surface area contributed by atoms with Crippen molar-refractivity contribution in [1.29, 1.82) is 0 Å². The number of nitrogens with one attached hydrogen (secondary N) is 1. The molecule has 98 valence electrons. The zero-order chi connectivity index (χ0) is 13.2. The highest BCUT2D eigenvalue weighted by atomic mass is 16.1. The number of carbonyl (C=O) groups excluding carboxylic acids is 1. The van der Waals surface area contributed by atoms with E-state index in [1.165, 1.54) is 0 Å². The van der Waals surface area contributed by atoms with Gasteiger partial charge in [0.1, 0.15) is 5.54 Å². The number of nitrogens with zero attached hydrogens (tertiary/aromatic N) is 1. The third-order valence-electron chi connectivity index (χ3n) is 3.81. The molecular weight excluding hydrogens is 226 g/mol. The van der Waals surface area contributed by atoms with E-state index in [0.29, 0.717) is 0 Å². The van der Waals surface area contributed by atoms with E-state index in [0.717, 1.165) is 37.3 Å². The van der Waals surface area contributed by atoms with Crippen LogP contribution in [0, 0.1) is 6.92 Å². The first kappa shape index (κ1) is 13.1. The summed E-state index contributed by atoms with van der Waals surface area (Å²) in [6.07, 6.45) is 0. The van der Waals surface area contributed by atoms with Crippen LogP contribution in [0.2, 0.25) is 0 Å². The van der Waals surface area contributed by atoms with Crippen LogP contribution in [-0.2, 0) is 10.3 Å². The molecule has 1 atom stereocenters. The molecule has 1 aliphatic rings. The fourth-order valence-electron chi connectivity index (χ4n) is 2.54. The fourth-order valence-corrected chi connectivity index (χ4v) is 2.54. The molecule has 0 bridgehead atoms. The lowest BCUT2D eigenvalue weighted by molar-refractivity contribution is -0.130. The quantitative estimate of drug-likeness (QED) is 0.822. The van der Waals surface area contributed by atoms with Crippen LogP contribution in [0.3, 0.4) is 0 Å². The van der Waals surface area contributed by atoms with Crippen molar-refractivity contribution in [3.8, 4) is 0 Å². The molecule has 1 fully saturated rings. The Bertz CT molecular complexity index is 440. The van der Waals surface area contributed by atoms with Crippen molar-refractivity contribution >= 4 is 5.91 Å². The number of piperazine rings is 1. The molecule has 1 aromatic carbocycles. The Hall–Kier alpha value is -1.39. The Balaban J connectivity index is 2.39. The number of amides is 1. The zero-order valence-corrected chi connectivity index (χ0v) is 11.1. The summed E-state index contributed by atoms with van der Waals surface area (Å²) in [6, 6.07) is 8.04. The second-order valence-electron chi connectivity index (χ2n) is 5.04. The first-order valence-corrected chi connectivity index (χ1v) is 6.38. The Morgan fingerprint density at radius 1 is 1.39 bits per heavy atom. The molecule has 0 aromatic heterocycles. The molecule has 4 heteroatoms. The van der Waals surface area contributed by atoms with Gasteiger partial charge in [0, 0.05) is 26.2 Å². The predicted molar refractivity (Wildman–Crippen MR) is 72.2 cm³/mol. The monoisotopic (exact) mass is 247 g/mol. The molecule has 1 unspecified atom stereocenters. The van der Waals surface area contributed by atoms with Gasteiger partial charge in [-0.3, -0.25) is 9.69 Å². The van der Waals surface area contributed by atoms with Crippen molar-refractivity contribution in [3.63, 3.8) is 0 Å². The van der Waals surface area contributed by atoms with E-state index in [4.69, 9.17) is 5.73 Å². The summed E-state index contributed by atoms with van der Waals surface area (Å²) in [5.41, 5.74) is 7.10. The highest BCUT2D eigenvalue weighted by Crippen LogP contribution is 2.28. The summed E-state index contributed by atoms with van der Waals surface area (Å²) >= 11 is 0. The second kappa shape index (κ2) is 5.08. The SMILES string of the molecule is Cc1cccc(C(C)(C(N)=O)N2CCNCC2)c1. The van der Waals surface area contributed by atoms with E-state index in [-0.39, 0.29) is 5.91 Å². The van der Waals surface area contributed by atoms with E-state index in [2.05, 4.69) is 10.2 Å². The highest BCUT2D eigenvalue weighted by molar-refractivity contribution is 5.85. The van der Waals surface area contributed by atoms with Crippen molar-refractivity contribution in [2.24, 2.45) is 5.73 Å². The number of rotatable bonds is 3. The third-order valence-corrected chi connectivity index (χ3v) is 3.81. The molecule has 1 amide bonds. The highest BCUT2D eigenvalue weighted by Gasteiger charge is 2.39. The molecule has 4 nitrogen and oxygen atoms in total. The lowest BCUT2D eigenvalue weighted by Gasteiger charge is -2.41.